The molecule has 0 saturated heterocycles. The quantitative estimate of drug-likeness (QED) is 0.717. The van der Waals surface area contributed by atoms with Gasteiger partial charge in [-0.3, -0.25) is 4.79 Å². The van der Waals surface area contributed by atoms with Crippen molar-refractivity contribution in [3.8, 4) is 5.75 Å². The van der Waals surface area contributed by atoms with E-state index in [2.05, 4.69) is 0 Å². The molecule has 1 rings (SSSR count). The minimum atomic E-state index is 0.248. The van der Waals surface area contributed by atoms with Gasteiger partial charge in [0.05, 0.1) is 6.61 Å². The zero-order chi connectivity index (χ0) is 10.4. The topological polar surface area (TPSA) is 26.3 Å². The summed E-state index contributed by atoms with van der Waals surface area (Å²) < 4.78 is 5.44. The molecule has 0 saturated carbocycles. The normalized spacial score (nSPS) is 9.86. The molecular weight excluding hydrogens is 176 g/mol. The van der Waals surface area contributed by atoms with E-state index in [9.17, 15) is 4.79 Å². The standard InChI is InChI=1S/C12H16O2/c1-3-11(13)7-8-14-12-6-4-5-10(2)9-12/h4-6,9H,3,7-8H2,1-2H3. The van der Waals surface area contributed by atoms with Crippen molar-refractivity contribution in [2.45, 2.75) is 26.7 Å². The summed E-state index contributed by atoms with van der Waals surface area (Å²) in [7, 11) is 0. The molecule has 0 atom stereocenters. The molecule has 0 fully saturated rings. The lowest BCUT2D eigenvalue weighted by atomic mass is 10.2. The fourth-order valence-corrected chi connectivity index (χ4v) is 1.16. The summed E-state index contributed by atoms with van der Waals surface area (Å²) >= 11 is 0. The van der Waals surface area contributed by atoms with Crippen molar-refractivity contribution in [2.75, 3.05) is 6.61 Å². The van der Waals surface area contributed by atoms with Crippen molar-refractivity contribution < 1.29 is 9.53 Å². The van der Waals surface area contributed by atoms with Crippen LogP contribution in [0.3, 0.4) is 0 Å². The molecule has 0 aliphatic rings. The van der Waals surface area contributed by atoms with E-state index in [4.69, 9.17) is 4.74 Å². The Bertz CT molecular complexity index is 305. The van der Waals surface area contributed by atoms with Crippen molar-refractivity contribution in [1.82, 2.24) is 0 Å². The van der Waals surface area contributed by atoms with Gasteiger partial charge in [0.2, 0.25) is 0 Å². The molecule has 0 unspecified atom stereocenters. The average Bonchev–Trinajstić information content (AvgIpc) is 2.17. The maximum absolute atomic E-state index is 11.0. The number of ether oxygens (including phenoxy) is 1. The van der Waals surface area contributed by atoms with E-state index < -0.39 is 0 Å². The number of hydrogen-bond donors (Lipinski definition) is 0. The first-order valence-electron chi connectivity index (χ1n) is 4.93. The van der Waals surface area contributed by atoms with Gasteiger partial charge in [-0.1, -0.05) is 19.1 Å². The number of rotatable bonds is 5. The fourth-order valence-electron chi connectivity index (χ4n) is 1.16. The Morgan fingerprint density at radius 1 is 1.43 bits per heavy atom. The first-order chi connectivity index (χ1) is 6.72. The van der Waals surface area contributed by atoms with E-state index in [0.717, 1.165) is 5.75 Å². The molecule has 0 amide bonds. The van der Waals surface area contributed by atoms with Gasteiger partial charge < -0.3 is 4.74 Å². The van der Waals surface area contributed by atoms with Crippen LogP contribution in [0.2, 0.25) is 0 Å². The monoisotopic (exact) mass is 192 g/mol. The lowest BCUT2D eigenvalue weighted by Gasteiger charge is -2.05. The summed E-state index contributed by atoms with van der Waals surface area (Å²) in [5, 5.41) is 0. The third kappa shape index (κ3) is 3.60. The van der Waals surface area contributed by atoms with Crippen molar-refractivity contribution in [2.24, 2.45) is 0 Å². The van der Waals surface area contributed by atoms with Crippen LogP contribution in [0.4, 0.5) is 0 Å². The number of ketones is 1. The highest BCUT2D eigenvalue weighted by atomic mass is 16.5. The molecule has 14 heavy (non-hydrogen) atoms. The minimum absolute atomic E-state index is 0.248. The Labute approximate surface area is 84.9 Å². The molecule has 2 nitrogen and oxygen atoms in total. The van der Waals surface area contributed by atoms with E-state index >= 15 is 0 Å². The first kappa shape index (κ1) is 10.8. The van der Waals surface area contributed by atoms with Gasteiger partial charge in [0.25, 0.3) is 0 Å². The van der Waals surface area contributed by atoms with Gasteiger partial charge in [-0.25, -0.2) is 0 Å². The van der Waals surface area contributed by atoms with Crippen LogP contribution in [0, 0.1) is 6.92 Å². The lowest BCUT2D eigenvalue weighted by Crippen LogP contribution is -2.04. The van der Waals surface area contributed by atoms with Crippen molar-refractivity contribution in [1.29, 1.82) is 0 Å². The maximum Gasteiger partial charge on any atom is 0.136 e. The van der Waals surface area contributed by atoms with E-state index in [-0.39, 0.29) is 5.78 Å². The molecule has 0 radical (unpaired) electrons. The highest BCUT2D eigenvalue weighted by molar-refractivity contribution is 5.78. The van der Waals surface area contributed by atoms with Crippen LogP contribution in [0.1, 0.15) is 25.3 Å². The smallest absolute Gasteiger partial charge is 0.136 e. The SMILES string of the molecule is CCC(=O)CCOc1cccc(C)c1. The molecule has 0 spiro atoms. The second-order valence-corrected chi connectivity index (χ2v) is 3.31. The molecule has 0 aliphatic heterocycles. The van der Waals surface area contributed by atoms with Crippen LogP contribution in [0.15, 0.2) is 24.3 Å². The van der Waals surface area contributed by atoms with Gasteiger partial charge in [-0.2, -0.15) is 0 Å². The molecule has 0 aliphatic carbocycles. The summed E-state index contributed by atoms with van der Waals surface area (Å²) in [5.74, 6) is 1.09. The number of aryl methyl sites for hydroxylation is 1. The largest absolute Gasteiger partial charge is 0.493 e. The van der Waals surface area contributed by atoms with Gasteiger partial charge in [-0.15, -0.1) is 0 Å². The number of benzene rings is 1. The van der Waals surface area contributed by atoms with E-state index in [1.807, 2.05) is 38.1 Å². The van der Waals surface area contributed by atoms with Gasteiger partial charge in [-0.05, 0) is 24.6 Å². The van der Waals surface area contributed by atoms with E-state index in [0.29, 0.717) is 19.4 Å². The predicted octanol–water partition coefficient (Wildman–Crippen LogP) is 2.74. The van der Waals surface area contributed by atoms with Gasteiger partial charge in [0.1, 0.15) is 11.5 Å². The molecule has 0 bridgehead atoms. The fraction of sp³-hybridized carbons (Fsp3) is 0.417. The van der Waals surface area contributed by atoms with Crippen molar-refractivity contribution in [3.05, 3.63) is 29.8 Å². The molecule has 1 aromatic rings. The molecule has 2 heteroatoms. The van der Waals surface area contributed by atoms with Crippen LogP contribution >= 0.6 is 0 Å². The molecule has 0 heterocycles. The third-order valence-electron chi connectivity index (χ3n) is 2.03. The van der Waals surface area contributed by atoms with Crippen LogP contribution in [-0.2, 0) is 4.79 Å². The highest BCUT2D eigenvalue weighted by Crippen LogP contribution is 2.12. The maximum atomic E-state index is 11.0. The molecule has 76 valence electrons. The van der Waals surface area contributed by atoms with Gasteiger partial charge in [0, 0.05) is 12.8 Å². The van der Waals surface area contributed by atoms with Crippen LogP contribution in [-0.4, -0.2) is 12.4 Å². The summed E-state index contributed by atoms with van der Waals surface area (Å²) in [6, 6.07) is 7.84. The van der Waals surface area contributed by atoms with Gasteiger partial charge in [0.15, 0.2) is 0 Å². The second-order valence-electron chi connectivity index (χ2n) is 3.31. The van der Waals surface area contributed by atoms with Crippen LogP contribution in [0.5, 0.6) is 5.75 Å². The first-order valence-corrected chi connectivity index (χ1v) is 4.93. The zero-order valence-electron chi connectivity index (χ0n) is 8.75. The molecule has 0 aromatic heterocycles. The van der Waals surface area contributed by atoms with Crippen molar-refractivity contribution >= 4 is 5.78 Å². The average molecular weight is 192 g/mol. The molecule has 0 N–H and O–H groups in total. The zero-order valence-corrected chi connectivity index (χ0v) is 8.75. The Morgan fingerprint density at radius 3 is 2.86 bits per heavy atom. The Balaban J connectivity index is 2.35. The molecular formula is C12H16O2. The molecule has 1 aromatic carbocycles. The summed E-state index contributed by atoms with van der Waals surface area (Å²) in [4.78, 5) is 11.0. The van der Waals surface area contributed by atoms with Crippen molar-refractivity contribution in [3.63, 3.8) is 0 Å². The Morgan fingerprint density at radius 2 is 2.21 bits per heavy atom. The minimum Gasteiger partial charge on any atom is -0.493 e. The van der Waals surface area contributed by atoms with Gasteiger partial charge >= 0.3 is 0 Å². The summed E-state index contributed by atoms with van der Waals surface area (Å²) in [6.45, 7) is 4.37. The summed E-state index contributed by atoms with van der Waals surface area (Å²) in [6.07, 6.45) is 1.10. The summed E-state index contributed by atoms with van der Waals surface area (Å²) in [5.41, 5.74) is 1.17. The Hall–Kier alpha value is -1.31. The number of carbonyl (C=O) groups excluding carboxylic acids is 1. The van der Waals surface area contributed by atoms with Crippen LogP contribution in [0.25, 0.3) is 0 Å². The Kier molecular flexibility index (Phi) is 4.17. The third-order valence-corrected chi connectivity index (χ3v) is 2.03. The van der Waals surface area contributed by atoms with E-state index in [1.165, 1.54) is 5.56 Å². The van der Waals surface area contributed by atoms with E-state index in [1.54, 1.807) is 0 Å². The predicted molar refractivity (Wildman–Crippen MR) is 56.6 cm³/mol. The number of carbonyl (C=O) groups is 1. The van der Waals surface area contributed by atoms with Crippen LogP contribution < -0.4 is 4.74 Å². The number of Topliss-reactive ketones (excluding diaryl/α,β-unsaturated/α-hetero) is 1. The highest BCUT2D eigenvalue weighted by Gasteiger charge is 1.98. The number of hydrogen-bond acceptors (Lipinski definition) is 2. The lowest BCUT2D eigenvalue weighted by molar-refractivity contribution is -0.119. The second kappa shape index (κ2) is 5.43.